The molecule has 1 aliphatic carbocycles. The lowest BCUT2D eigenvalue weighted by Crippen LogP contribution is -2.12. The van der Waals surface area contributed by atoms with Crippen LogP contribution in [-0.2, 0) is 4.74 Å². The van der Waals surface area contributed by atoms with Crippen LogP contribution in [0.2, 0.25) is 0 Å². The first kappa shape index (κ1) is 5.99. The fourth-order valence-electron chi connectivity index (χ4n) is 1.90. The molecule has 1 saturated heterocycles. The van der Waals surface area contributed by atoms with E-state index < -0.39 is 0 Å². The minimum absolute atomic E-state index is 0.414. The molecule has 1 aliphatic heterocycles. The summed E-state index contributed by atoms with van der Waals surface area (Å²) >= 11 is 6.03. The smallest absolute Gasteiger partial charge is 0.0512 e. The molecule has 3 unspecified atom stereocenters. The Morgan fingerprint density at radius 3 is 2.89 bits per heavy atom. The summed E-state index contributed by atoms with van der Waals surface area (Å²) in [6.07, 6.45) is 2.50. The summed E-state index contributed by atoms with van der Waals surface area (Å²) in [5, 5.41) is 0.414. The summed E-state index contributed by atoms with van der Waals surface area (Å²) in [5.74, 6) is 1.49. The zero-order valence-corrected chi connectivity index (χ0v) is 6.10. The molecule has 9 heavy (non-hydrogen) atoms. The fourth-order valence-corrected chi connectivity index (χ4v) is 2.30. The van der Waals surface area contributed by atoms with Gasteiger partial charge < -0.3 is 4.74 Å². The Kier molecular flexibility index (Phi) is 1.42. The molecule has 52 valence electrons. The minimum atomic E-state index is 0.414. The lowest BCUT2D eigenvalue weighted by molar-refractivity contribution is 0.174. The molecule has 0 aromatic heterocycles. The highest BCUT2D eigenvalue weighted by Gasteiger charge is 2.38. The van der Waals surface area contributed by atoms with Crippen LogP contribution in [-0.4, -0.2) is 18.6 Å². The fraction of sp³-hybridized carbons (Fsp3) is 1.00. The van der Waals surface area contributed by atoms with Gasteiger partial charge in [0.25, 0.3) is 0 Å². The normalized spacial score (nSPS) is 49.7. The minimum Gasteiger partial charge on any atom is -0.381 e. The molecule has 1 nitrogen and oxygen atoms in total. The van der Waals surface area contributed by atoms with E-state index in [9.17, 15) is 0 Å². The maximum Gasteiger partial charge on any atom is 0.0512 e. The molecule has 0 bridgehead atoms. The summed E-state index contributed by atoms with van der Waals surface area (Å²) < 4.78 is 5.30. The predicted molar refractivity (Wildman–Crippen MR) is 36.7 cm³/mol. The van der Waals surface area contributed by atoms with Gasteiger partial charge in [-0.05, 0) is 18.8 Å². The van der Waals surface area contributed by atoms with Crippen LogP contribution in [0.1, 0.15) is 12.8 Å². The van der Waals surface area contributed by atoms with Crippen LogP contribution in [0.3, 0.4) is 0 Å². The Morgan fingerprint density at radius 2 is 2.11 bits per heavy atom. The third kappa shape index (κ3) is 0.870. The molecule has 0 aromatic rings. The zero-order valence-electron chi connectivity index (χ0n) is 5.35. The standard InChI is InChI=1S/C7H11ClO/c8-7-2-1-5-3-9-4-6(5)7/h5-7H,1-4H2. The van der Waals surface area contributed by atoms with E-state index in [0.29, 0.717) is 11.3 Å². The third-order valence-electron chi connectivity index (χ3n) is 2.53. The van der Waals surface area contributed by atoms with Crippen LogP contribution in [0.5, 0.6) is 0 Å². The van der Waals surface area contributed by atoms with Crippen molar-refractivity contribution in [3.05, 3.63) is 0 Å². The molecule has 0 N–H and O–H groups in total. The summed E-state index contributed by atoms with van der Waals surface area (Å²) in [6, 6.07) is 0. The number of alkyl halides is 1. The van der Waals surface area contributed by atoms with Crippen molar-refractivity contribution in [2.24, 2.45) is 11.8 Å². The summed E-state index contributed by atoms with van der Waals surface area (Å²) in [6.45, 7) is 1.88. The molecule has 2 aliphatic rings. The highest BCUT2D eigenvalue weighted by atomic mass is 35.5. The molecular formula is C7H11ClO. The van der Waals surface area contributed by atoms with Gasteiger partial charge in [-0.2, -0.15) is 0 Å². The van der Waals surface area contributed by atoms with Gasteiger partial charge in [0.2, 0.25) is 0 Å². The van der Waals surface area contributed by atoms with Gasteiger partial charge in [0.05, 0.1) is 6.61 Å². The molecule has 1 saturated carbocycles. The van der Waals surface area contributed by atoms with Crippen LogP contribution in [0.4, 0.5) is 0 Å². The molecule has 0 radical (unpaired) electrons. The van der Waals surface area contributed by atoms with Gasteiger partial charge in [0.15, 0.2) is 0 Å². The van der Waals surface area contributed by atoms with Crippen LogP contribution < -0.4 is 0 Å². The van der Waals surface area contributed by atoms with Crippen molar-refractivity contribution in [1.29, 1.82) is 0 Å². The van der Waals surface area contributed by atoms with Crippen LogP contribution in [0.15, 0.2) is 0 Å². The van der Waals surface area contributed by atoms with Gasteiger partial charge in [-0.15, -0.1) is 11.6 Å². The van der Waals surface area contributed by atoms with E-state index in [1.165, 1.54) is 12.8 Å². The zero-order chi connectivity index (χ0) is 6.27. The van der Waals surface area contributed by atoms with Gasteiger partial charge in [-0.3, -0.25) is 0 Å². The van der Waals surface area contributed by atoms with Gasteiger partial charge in [-0.1, -0.05) is 0 Å². The quantitative estimate of drug-likeness (QED) is 0.473. The maximum absolute atomic E-state index is 6.03. The number of ether oxygens (including phenoxy) is 1. The van der Waals surface area contributed by atoms with Crippen LogP contribution in [0, 0.1) is 11.8 Å². The average molecular weight is 147 g/mol. The monoisotopic (exact) mass is 146 g/mol. The second-order valence-corrected chi connectivity index (χ2v) is 3.62. The number of halogens is 1. The average Bonchev–Trinajstić information content (AvgIpc) is 2.35. The van der Waals surface area contributed by atoms with E-state index in [0.717, 1.165) is 19.1 Å². The van der Waals surface area contributed by atoms with Crippen LogP contribution >= 0.6 is 11.6 Å². The summed E-state index contributed by atoms with van der Waals surface area (Å²) in [4.78, 5) is 0. The summed E-state index contributed by atoms with van der Waals surface area (Å²) in [7, 11) is 0. The van der Waals surface area contributed by atoms with Crippen molar-refractivity contribution in [2.45, 2.75) is 18.2 Å². The second kappa shape index (κ2) is 2.14. The van der Waals surface area contributed by atoms with Gasteiger partial charge in [0, 0.05) is 17.9 Å². The molecule has 2 heteroatoms. The van der Waals surface area contributed by atoms with Gasteiger partial charge in [-0.25, -0.2) is 0 Å². The Balaban J connectivity index is 2.07. The first-order valence-electron chi connectivity index (χ1n) is 3.60. The van der Waals surface area contributed by atoms with Crippen molar-refractivity contribution in [2.75, 3.05) is 13.2 Å². The van der Waals surface area contributed by atoms with Crippen molar-refractivity contribution in [3.8, 4) is 0 Å². The molecule has 2 fully saturated rings. The number of rotatable bonds is 0. The topological polar surface area (TPSA) is 9.23 Å². The molecule has 1 heterocycles. The summed E-state index contributed by atoms with van der Waals surface area (Å²) in [5.41, 5.74) is 0. The molecule has 2 rings (SSSR count). The van der Waals surface area contributed by atoms with Crippen molar-refractivity contribution in [1.82, 2.24) is 0 Å². The number of hydrogen-bond donors (Lipinski definition) is 0. The van der Waals surface area contributed by atoms with Crippen molar-refractivity contribution >= 4 is 11.6 Å². The molecule has 0 spiro atoms. The highest BCUT2D eigenvalue weighted by molar-refractivity contribution is 6.21. The third-order valence-corrected chi connectivity index (χ3v) is 3.07. The Morgan fingerprint density at radius 1 is 1.22 bits per heavy atom. The Hall–Kier alpha value is 0.250. The Bertz CT molecular complexity index is 115. The molecule has 0 aromatic carbocycles. The lowest BCUT2D eigenvalue weighted by Gasteiger charge is -2.07. The van der Waals surface area contributed by atoms with Crippen molar-refractivity contribution < 1.29 is 4.74 Å². The van der Waals surface area contributed by atoms with E-state index in [1.807, 2.05) is 0 Å². The van der Waals surface area contributed by atoms with E-state index in [1.54, 1.807) is 0 Å². The lowest BCUT2D eigenvalue weighted by atomic mass is 10.0. The van der Waals surface area contributed by atoms with Gasteiger partial charge in [0.1, 0.15) is 0 Å². The molecule has 0 amide bonds. The van der Waals surface area contributed by atoms with E-state index in [4.69, 9.17) is 16.3 Å². The van der Waals surface area contributed by atoms with E-state index in [2.05, 4.69) is 0 Å². The largest absolute Gasteiger partial charge is 0.381 e. The first-order valence-corrected chi connectivity index (χ1v) is 4.03. The van der Waals surface area contributed by atoms with E-state index in [-0.39, 0.29) is 0 Å². The van der Waals surface area contributed by atoms with Crippen LogP contribution in [0.25, 0.3) is 0 Å². The van der Waals surface area contributed by atoms with E-state index >= 15 is 0 Å². The second-order valence-electron chi connectivity index (χ2n) is 3.05. The predicted octanol–water partition coefficient (Wildman–Crippen LogP) is 1.65. The van der Waals surface area contributed by atoms with Crippen molar-refractivity contribution in [3.63, 3.8) is 0 Å². The molecular weight excluding hydrogens is 136 g/mol. The SMILES string of the molecule is ClC1CCC2COCC12. The maximum atomic E-state index is 6.03. The highest BCUT2D eigenvalue weighted by Crippen LogP contribution is 2.39. The Labute approximate surface area is 60.3 Å². The number of hydrogen-bond acceptors (Lipinski definition) is 1. The molecule has 3 atom stereocenters. The van der Waals surface area contributed by atoms with Gasteiger partial charge >= 0.3 is 0 Å². The first-order chi connectivity index (χ1) is 4.38. The number of fused-ring (bicyclic) bond motifs is 1.